The molecule has 0 bridgehead atoms. The first-order valence-electron chi connectivity index (χ1n) is 6.96. The quantitative estimate of drug-likeness (QED) is 0.421. The number of hydrogen-bond donors (Lipinski definition) is 2. The molecule has 0 aromatic carbocycles. The van der Waals surface area contributed by atoms with Gasteiger partial charge in [0, 0.05) is 43.8 Å². The minimum absolute atomic E-state index is 0. The molecule has 0 aromatic heterocycles. The van der Waals surface area contributed by atoms with Crippen LogP contribution < -0.4 is 5.32 Å². The van der Waals surface area contributed by atoms with Gasteiger partial charge >= 0.3 is 0 Å². The topological polar surface area (TPSA) is 47.9 Å². The van der Waals surface area contributed by atoms with Crippen LogP contribution in [0.15, 0.2) is 4.99 Å². The van der Waals surface area contributed by atoms with Gasteiger partial charge in [-0.05, 0) is 19.3 Å². The number of nitrogens with one attached hydrogen (secondary N) is 1. The van der Waals surface area contributed by atoms with Crippen LogP contribution in [0.5, 0.6) is 0 Å². The van der Waals surface area contributed by atoms with Gasteiger partial charge < -0.3 is 15.3 Å². The molecule has 1 heterocycles. The van der Waals surface area contributed by atoms with Gasteiger partial charge in [0.1, 0.15) is 0 Å². The standard InChI is InChI=1S/C13H27N3OS.HI/c1-4-12-9-16(6-7-18-12)13(14-5-2)15-8-11(3)10-17;/h11-12,17H,4-10H2,1-3H3,(H,14,15);1H. The molecule has 1 saturated heterocycles. The maximum atomic E-state index is 9.06. The predicted molar refractivity (Wildman–Crippen MR) is 95.8 cm³/mol. The SMILES string of the molecule is CCNC(=NCC(C)CO)N1CCSC(CC)C1.I. The fourth-order valence-electron chi connectivity index (χ4n) is 1.88. The second kappa shape index (κ2) is 11.0. The lowest BCUT2D eigenvalue weighted by molar-refractivity contribution is 0.241. The van der Waals surface area contributed by atoms with Crippen LogP contribution in [0.3, 0.4) is 0 Å². The van der Waals surface area contributed by atoms with Gasteiger partial charge in [0.15, 0.2) is 5.96 Å². The van der Waals surface area contributed by atoms with Gasteiger partial charge in [-0.25, -0.2) is 0 Å². The van der Waals surface area contributed by atoms with E-state index in [1.54, 1.807) is 0 Å². The predicted octanol–water partition coefficient (Wildman–Crippen LogP) is 2.03. The Bertz CT molecular complexity index is 266. The first kappa shape index (κ1) is 19.3. The zero-order chi connectivity index (χ0) is 13.4. The van der Waals surface area contributed by atoms with Crippen LogP contribution in [0.1, 0.15) is 27.2 Å². The van der Waals surface area contributed by atoms with Crippen LogP contribution in [-0.4, -0.2) is 59.8 Å². The molecule has 1 aliphatic rings. The molecular weight excluding hydrogens is 373 g/mol. The van der Waals surface area contributed by atoms with Crippen LogP contribution in [0, 0.1) is 5.92 Å². The molecule has 1 rings (SSSR count). The maximum Gasteiger partial charge on any atom is 0.193 e. The highest BCUT2D eigenvalue weighted by molar-refractivity contribution is 14.0. The third-order valence-corrected chi connectivity index (χ3v) is 4.47. The largest absolute Gasteiger partial charge is 0.396 e. The first-order chi connectivity index (χ1) is 8.71. The van der Waals surface area contributed by atoms with Crippen LogP contribution in [0.2, 0.25) is 0 Å². The fourth-order valence-corrected chi connectivity index (χ4v) is 3.06. The van der Waals surface area contributed by atoms with E-state index in [4.69, 9.17) is 5.11 Å². The summed E-state index contributed by atoms with van der Waals surface area (Å²) in [5, 5.41) is 13.1. The Morgan fingerprint density at radius 2 is 2.26 bits per heavy atom. The van der Waals surface area contributed by atoms with Crippen molar-refractivity contribution in [3.05, 3.63) is 0 Å². The number of nitrogens with zero attached hydrogens (tertiary/aromatic N) is 2. The second-order valence-corrected chi connectivity index (χ2v) is 6.24. The number of halogens is 1. The van der Waals surface area contributed by atoms with Crippen molar-refractivity contribution < 1.29 is 5.11 Å². The Hall–Kier alpha value is 0.310. The van der Waals surface area contributed by atoms with E-state index in [1.807, 2.05) is 6.92 Å². The molecule has 6 heteroatoms. The van der Waals surface area contributed by atoms with Crippen molar-refractivity contribution in [1.29, 1.82) is 0 Å². The van der Waals surface area contributed by atoms with Crippen molar-refractivity contribution in [3.63, 3.8) is 0 Å². The van der Waals surface area contributed by atoms with Crippen molar-refractivity contribution in [1.82, 2.24) is 10.2 Å². The van der Waals surface area contributed by atoms with Crippen LogP contribution in [0.4, 0.5) is 0 Å². The Kier molecular flexibility index (Phi) is 11.2. The molecule has 19 heavy (non-hydrogen) atoms. The lowest BCUT2D eigenvalue weighted by atomic mass is 10.2. The highest BCUT2D eigenvalue weighted by atomic mass is 127. The Labute approximate surface area is 138 Å². The van der Waals surface area contributed by atoms with Gasteiger partial charge in [0.05, 0.1) is 0 Å². The van der Waals surface area contributed by atoms with E-state index in [1.165, 1.54) is 12.2 Å². The summed E-state index contributed by atoms with van der Waals surface area (Å²) in [5.41, 5.74) is 0. The Morgan fingerprint density at radius 1 is 1.53 bits per heavy atom. The number of hydrogen-bond acceptors (Lipinski definition) is 3. The average Bonchev–Trinajstić information content (AvgIpc) is 2.43. The number of guanidine groups is 1. The van der Waals surface area contributed by atoms with Gasteiger partial charge in [0.2, 0.25) is 0 Å². The first-order valence-corrected chi connectivity index (χ1v) is 8.01. The Balaban J connectivity index is 0.00000324. The van der Waals surface area contributed by atoms with Crippen molar-refractivity contribution >= 4 is 41.7 Å². The van der Waals surface area contributed by atoms with E-state index >= 15 is 0 Å². The molecule has 0 amide bonds. The van der Waals surface area contributed by atoms with E-state index in [2.05, 4.69) is 40.8 Å². The third-order valence-electron chi connectivity index (χ3n) is 3.09. The van der Waals surface area contributed by atoms with Crippen molar-refractivity contribution in [2.45, 2.75) is 32.4 Å². The highest BCUT2D eigenvalue weighted by Crippen LogP contribution is 2.21. The van der Waals surface area contributed by atoms with E-state index in [-0.39, 0.29) is 36.5 Å². The zero-order valence-electron chi connectivity index (χ0n) is 12.3. The Morgan fingerprint density at radius 3 is 2.84 bits per heavy atom. The van der Waals surface area contributed by atoms with Gasteiger partial charge in [-0.2, -0.15) is 11.8 Å². The molecular formula is C13H28IN3OS. The molecule has 2 N–H and O–H groups in total. The number of aliphatic hydroxyl groups is 1. The van der Waals surface area contributed by atoms with Crippen molar-refractivity contribution in [2.24, 2.45) is 10.9 Å². The molecule has 1 aliphatic heterocycles. The zero-order valence-corrected chi connectivity index (χ0v) is 15.4. The summed E-state index contributed by atoms with van der Waals surface area (Å²) < 4.78 is 0. The van der Waals surface area contributed by atoms with Gasteiger partial charge in [0.25, 0.3) is 0 Å². The molecule has 1 fully saturated rings. The second-order valence-electron chi connectivity index (χ2n) is 4.83. The minimum Gasteiger partial charge on any atom is -0.396 e. The summed E-state index contributed by atoms with van der Waals surface area (Å²) in [4.78, 5) is 7.00. The normalized spacial score (nSPS) is 21.8. The number of aliphatic imine (C=N–C) groups is 1. The highest BCUT2D eigenvalue weighted by Gasteiger charge is 2.21. The summed E-state index contributed by atoms with van der Waals surface area (Å²) in [6.45, 7) is 10.3. The van der Waals surface area contributed by atoms with Gasteiger partial charge in [-0.3, -0.25) is 4.99 Å². The van der Waals surface area contributed by atoms with E-state index in [0.29, 0.717) is 6.54 Å². The third kappa shape index (κ3) is 7.04. The smallest absolute Gasteiger partial charge is 0.193 e. The molecule has 2 unspecified atom stereocenters. The fraction of sp³-hybridized carbons (Fsp3) is 0.923. The number of rotatable bonds is 5. The maximum absolute atomic E-state index is 9.06. The molecule has 0 aromatic rings. The van der Waals surface area contributed by atoms with Crippen LogP contribution >= 0.6 is 35.7 Å². The molecule has 114 valence electrons. The van der Waals surface area contributed by atoms with Crippen molar-refractivity contribution in [2.75, 3.05) is 38.5 Å². The van der Waals surface area contributed by atoms with Gasteiger partial charge in [-0.15, -0.1) is 24.0 Å². The number of aliphatic hydroxyl groups excluding tert-OH is 1. The molecule has 4 nitrogen and oxygen atoms in total. The van der Waals surface area contributed by atoms with E-state index < -0.39 is 0 Å². The summed E-state index contributed by atoms with van der Waals surface area (Å²) in [5.74, 6) is 2.43. The monoisotopic (exact) mass is 401 g/mol. The average molecular weight is 401 g/mol. The summed E-state index contributed by atoms with van der Waals surface area (Å²) in [7, 11) is 0. The lowest BCUT2D eigenvalue weighted by Crippen LogP contribution is -2.48. The van der Waals surface area contributed by atoms with E-state index in [0.717, 1.165) is 30.8 Å². The molecule has 0 radical (unpaired) electrons. The summed E-state index contributed by atoms with van der Waals surface area (Å²) in [6, 6.07) is 0. The minimum atomic E-state index is 0. The summed E-state index contributed by atoms with van der Waals surface area (Å²) >= 11 is 2.07. The van der Waals surface area contributed by atoms with Gasteiger partial charge in [-0.1, -0.05) is 13.8 Å². The van der Waals surface area contributed by atoms with Crippen LogP contribution in [0.25, 0.3) is 0 Å². The summed E-state index contributed by atoms with van der Waals surface area (Å²) in [6.07, 6.45) is 1.22. The number of thioether (sulfide) groups is 1. The van der Waals surface area contributed by atoms with Crippen LogP contribution in [-0.2, 0) is 0 Å². The molecule has 2 atom stereocenters. The molecule has 0 saturated carbocycles. The lowest BCUT2D eigenvalue weighted by Gasteiger charge is -2.34. The van der Waals surface area contributed by atoms with Crippen molar-refractivity contribution in [3.8, 4) is 0 Å². The van der Waals surface area contributed by atoms with E-state index in [9.17, 15) is 0 Å². The molecule has 0 aliphatic carbocycles. The molecule has 0 spiro atoms.